The number of hydrazone groups is 1. The van der Waals surface area contributed by atoms with Crippen molar-refractivity contribution in [2.45, 2.75) is 27.7 Å². The second-order valence-electron chi connectivity index (χ2n) is 11.4. The highest BCUT2D eigenvalue weighted by Gasteiger charge is 2.40. The minimum Gasteiger partial charge on any atom is -0.358 e. The minimum atomic E-state index is -0.391. The predicted octanol–water partition coefficient (Wildman–Crippen LogP) is 9.51. The summed E-state index contributed by atoms with van der Waals surface area (Å²) in [6.07, 6.45) is 3.51. The largest absolute Gasteiger partial charge is 0.358 e. The van der Waals surface area contributed by atoms with Crippen molar-refractivity contribution in [2.24, 2.45) is 5.10 Å². The fourth-order valence-corrected chi connectivity index (χ4v) is 6.41. The van der Waals surface area contributed by atoms with Crippen molar-refractivity contribution < 1.29 is 4.79 Å². The third-order valence-electron chi connectivity index (χ3n) is 8.24. The molecule has 0 N–H and O–H groups in total. The van der Waals surface area contributed by atoms with Crippen LogP contribution in [0.2, 0.25) is 10.0 Å². The van der Waals surface area contributed by atoms with Gasteiger partial charge in [-0.1, -0.05) is 90.4 Å². The lowest BCUT2D eigenvalue weighted by molar-refractivity contribution is -0.114. The molecule has 0 spiro atoms. The van der Waals surface area contributed by atoms with Crippen LogP contribution in [0, 0.1) is 34.3 Å². The summed E-state index contributed by atoms with van der Waals surface area (Å²) >= 11 is 12.9. The number of allylic oxidation sites excluding steroid dienone is 2. The van der Waals surface area contributed by atoms with Crippen molar-refractivity contribution in [3.63, 3.8) is 0 Å². The number of halogens is 2. The summed E-state index contributed by atoms with van der Waals surface area (Å²) in [5.41, 5.74) is 7.84. The number of amides is 1. The van der Waals surface area contributed by atoms with Crippen LogP contribution in [0.1, 0.15) is 22.3 Å². The van der Waals surface area contributed by atoms with Gasteiger partial charge in [0.2, 0.25) is 0 Å². The van der Waals surface area contributed by atoms with Gasteiger partial charge in [-0.2, -0.15) is 0 Å². The molecule has 0 saturated heterocycles. The van der Waals surface area contributed by atoms with Gasteiger partial charge in [0.25, 0.3) is 5.91 Å². The lowest BCUT2D eigenvalue weighted by atomic mass is 10.1. The van der Waals surface area contributed by atoms with E-state index < -0.39 is 5.91 Å². The van der Waals surface area contributed by atoms with E-state index in [0.29, 0.717) is 44.2 Å². The van der Waals surface area contributed by atoms with Crippen molar-refractivity contribution in [3.05, 3.63) is 146 Å². The molecule has 10 heteroatoms. The van der Waals surface area contributed by atoms with Crippen LogP contribution in [0.25, 0.3) is 15.9 Å². The molecule has 0 unspecified atom stereocenters. The zero-order valence-electron chi connectivity index (χ0n) is 26.0. The van der Waals surface area contributed by atoms with E-state index in [4.69, 9.17) is 39.7 Å². The van der Waals surface area contributed by atoms with Gasteiger partial charge in [-0.05, 0) is 85.4 Å². The highest BCUT2D eigenvalue weighted by molar-refractivity contribution is 6.42. The van der Waals surface area contributed by atoms with Gasteiger partial charge in [0.15, 0.2) is 11.6 Å². The SMILES string of the molecule is [C-]#[N+]C1=NN(c2ccccc2)C(=O)/C1=C\C=C1N(c2c(C)cccc2C)c2nc3cc(Cl)c(Cl)cc3nc2N1c1c(C)cccc1C. The normalized spacial score (nSPS) is 15.0. The number of fused-ring (bicyclic) bond motifs is 2. The molecule has 8 nitrogen and oxygen atoms in total. The quantitative estimate of drug-likeness (QED) is 0.142. The van der Waals surface area contributed by atoms with Gasteiger partial charge in [0, 0.05) is 0 Å². The third-order valence-corrected chi connectivity index (χ3v) is 8.96. The van der Waals surface area contributed by atoms with Crippen molar-refractivity contribution >= 4 is 74.7 Å². The Bertz CT molecular complexity index is 2120. The van der Waals surface area contributed by atoms with Crippen LogP contribution < -0.4 is 14.8 Å². The number of aryl methyl sites for hydroxylation is 4. The Morgan fingerprint density at radius 3 is 1.66 bits per heavy atom. The molecule has 1 amide bonds. The maximum Gasteiger partial charge on any atom is 0.307 e. The molecule has 0 saturated carbocycles. The Morgan fingerprint density at radius 2 is 1.19 bits per heavy atom. The van der Waals surface area contributed by atoms with Gasteiger partial charge >= 0.3 is 5.84 Å². The zero-order chi connectivity index (χ0) is 33.0. The van der Waals surface area contributed by atoms with Gasteiger partial charge in [-0.3, -0.25) is 14.6 Å². The number of hydrogen-bond acceptors (Lipinski definition) is 6. The molecular formula is C37H27Cl2N7O. The van der Waals surface area contributed by atoms with Crippen LogP contribution in [0.5, 0.6) is 0 Å². The van der Waals surface area contributed by atoms with Gasteiger partial charge in [0.05, 0.1) is 43.7 Å². The standard InChI is InChI=1S/C37H27Cl2N7O/c1-21-11-9-12-22(2)32(21)44-31(18-17-26-34(40-5)43-46(37(26)47)25-15-7-6-8-16-25)45(33-23(3)13-10-14-24(33)4)36-35(44)41-29-19-27(38)28(39)20-30(29)42-36/h6-20H,1-4H3/b26-17-. The van der Waals surface area contributed by atoms with E-state index in [2.05, 4.69) is 19.7 Å². The number of anilines is 5. The summed E-state index contributed by atoms with van der Waals surface area (Å²) in [6, 6.07) is 24.7. The van der Waals surface area contributed by atoms with Gasteiger partial charge in [0.1, 0.15) is 5.82 Å². The van der Waals surface area contributed by atoms with E-state index in [1.165, 1.54) is 5.01 Å². The lowest BCUT2D eigenvalue weighted by Crippen LogP contribution is -2.24. The molecule has 2 aliphatic heterocycles. The number of nitrogens with zero attached hydrogens (tertiary/aromatic N) is 7. The van der Waals surface area contributed by atoms with E-state index in [-0.39, 0.29) is 11.4 Å². The van der Waals surface area contributed by atoms with Crippen LogP contribution in [-0.4, -0.2) is 21.7 Å². The summed E-state index contributed by atoms with van der Waals surface area (Å²) in [5, 5.41) is 6.38. The lowest BCUT2D eigenvalue weighted by Gasteiger charge is -2.28. The summed E-state index contributed by atoms with van der Waals surface area (Å²) in [6.45, 7) is 16.0. The molecule has 0 fully saturated rings. The van der Waals surface area contributed by atoms with E-state index in [1.807, 2.05) is 88.4 Å². The predicted molar refractivity (Wildman–Crippen MR) is 190 cm³/mol. The second-order valence-corrected chi connectivity index (χ2v) is 12.2. The number of hydrogen-bond donors (Lipinski definition) is 0. The smallest absolute Gasteiger partial charge is 0.307 e. The Balaban J connectivity index is 1.52. The van der Waals surface area contributed by atoms with Gasteiger partial charge in [-0.15, -0.1) is 5.01 Å². The highest BCUT2D eigenvalue weighted by atomic mass is 35.5. The van der Waals surface area contributed by atoms with E-state index in [0.717, 1.165) is 33.6 Å². The van der Waals surface area contributed by atoms with Crippen molar-refractivity contribution in [1.29, 1.82) is 0 Å². The molecule has 7 rings (SSSR count). The first kappa shape index (κ1) is 30.2. The number of carbonyl (C=O) groups is 1. The molecule has 3 heterocycles. The number of aromatic nitrogens is 2. The van der Waals surface area contributed by atoms with E-state index in [9.17, 15) is 4.79 Å². The molecule has 2 aliphatic rings. The number of para-hydroxylation sites is 3. The fraction of sp³-hybridized carbons (Fsp3) is 0.108. The molecule has 4 aromatic carbocycles. The molecule has 47 heavy (non-hydrogen) atoms. The summed E-state index contributed by atoms with van der Waals surface area (Å²) in [4.78, 5) is 31.7. The maximum absolute atomic E-state index is 13.7. The Hall–Kier alpha value is -5.49. The number of rotatable bonds is 4. The topological polar surface area (TPSA) is 69.3 Å². The molecule has 0 bridgehead atoms. The second kappa shape index (κ2) is 11.7. The van der Waals surface area contributed by atoms with Crippen LogP contribution in [0.4, 0.5) is 28.7 Å². The average molecular weight is 657 g/mol. The molecule has 0 aliphatic carbocycles. The van der Waals surface area contributed by atoms with Crippen LogP contribution in [-0.2, 0) is 4.79 Å². The van der Waals surface area contributed by atoms with E-state index in [1.54, 1.807) is 30.3 Å². The van der Waals surface area contributed by atoms with Crippen LogP contribution in [0.15, 0.2) is 108 Å². The molecule has 0 radical (unpaired) electrons. The van der Waals surface area contributed by atoms with Gasteiger partial charge in [-0.25, -0.2) is 9.97 Å². The minimum absolute atomic E-state index is 0.00901. The fourth-order valence-electron chi connectivity index (χ4n) is 6.09. The highest BCUT2D eigenvalue weighted by Crippen LogP contribution is 2.51. The number of carbonyl (C=O) groups excluding carboxylic acids is 1. The summed E-state index contributed by atoms with van der Waals surface area (Å²) in [7, 11) is 0. The van der Waals surface area contributed by atoms with Crippen LogP contribution in [0.3, 0.4) is 0 Å². The molecule has 0 atom stereocenters. The average Bonchev–Trinajstić information content (AvgIpc) is 3.53. The number of amidine groups is 1. The summed E-state index contributed by atoms with van der Waals surface area (Å²) < 4.78 is 0. The monoisotopic (exact) mass is 655 g/mol. The first-order valence-electron chi connectivity index (χ1n) is 14.9. The summed E-state index contributed by atoms with van der Waals surface area (Å²) in [5.74, 6) is 1.46. The van der Waals surface area contributed by atoms with E-state index >= 15 is 0 Å². The van der Waals surface area contributed by atoms with Gasteiger partial charge < -0.3 is 4.85 Å². The Kier molecular flexibility index (Phi) is 7.51. The Labute approximate surface area is 282 Å². The third kappa shape index (κ3) is 5.01. The first-order valence-corrected chi connectivity index (χ1v) is 15.6. The first-order chi connectivity index (χ1) is 22.7. The van der Waals surface area contributed by atoms with Crippen LogP contribution >= 0.6 is 23.2 Å². The molecular weight excluding hydrogens is 629 g/mol. The number of benzene rings is 4. The van der Waals surface area contributed by atoms with Crippen molar-refractivity contribution in [2.75, 3.05) is 14.8 Å². The maximum atomic E-state index is 13.7. The zero-order valence-corrected chi connectivity index (χ0v) is 27.5. The van der Waals surface area contributed by atoms with Crippen molar-refractivity contribution in [3.8, 4) is 0 Å². The van der Waals surface area contributed by atoms with Crippen molar-refractivity contribution in [1.82, 2.24) is 9.97 Å². The molecule has 5 aromatic rings. The Morgan fingerprint density at radius 1 is 0.702 bits per heavy atom. The molecule has 1 aromatic heterocycles. The molecule has 230 valence electrons.